The van der Waals surface area contributed by atoms with Gasteiger partial charge in [-0.05, 0) is 24.6 Å². The zero-order chi connectivity index (χ0) is 15.9. The maximum Gasteiger partial charge on any atom is 0.321 e. The summed E-state index contributed by atoms with van der Waals surface area (Å²) in [5.41, 5.74) is 2.01. The van der Waals surface area contributed by atoms with Crippen molar-refractivity contribution in [3.63, 3.8) is 0 Å². The number of aryl methyl sites for hydroxylation is 1. The summed E-state index contributed by atoms with van der Waals surface area (Å²) in [5.74, 6) is -0.231. The molecule has 6 heteroatoms. The fraction of sp³-hybridized carbons (Fsp3) is 0.188. The number of carbonyl (C=O) groups excluding carboxylic acids is 2. The molecule has 0 fully saturated rings. The summed E-state index contributed by atoms with van der Waals surface area (Å²) in [6.45, 7) is 5.81. The van der Waals surface area contributed by atoms with Crippen molar-refractivity contribution in [2.75, 3.05) is 12.3 Å². The predicted molar refractivity (Wildman–Crippen MR) is 88.9 cm³/mol. The first kappa shape index (κ1) is 16.0. The lowest BCUT2D eigenvalue weighted by Gasteiger charge is -2.07. The van der Waals surface area contributed by atoms with Gasteiger partial charge in [0.05, 0.1) is 16.3 Å². The van der Waals surface area contributed by atoms with Crippen molar-refractivity contribution in [1.82, 2.24) is 15.6 Å². The number of hydrogen-bond donors (Lipinski definition) is 2. The third-order valence-corrected chi connectivity index (χ3v) is 3.82. The zero-order valence-electron chi connectivity index (χ0n) is 12.3. The fourth-order valence-electron chi connectivity index (χ4n) is 1.90. The lowest BCUT2D eigenvalue weighted by molar-refractivity contribution is -0.117. The van der Waals surface area contributed by atoms with E-state index in [9.17, 15) is 9.59 Å². The highest BCUT2D eigenvalue weighted by Gasteiger charge is 2.09. The Balaban J connectivity index is 1.95. The number of thioether (sulfide) groups is 1. The second kappa shape index (κ2) is 7.61. The Bertz CT molecular complexity index is 716. The van der Waals surface area contributed by atoms with Crippen molar-refractivity contribution >= 4 is 34.6 Å². The molecular weight excluding hydrogens is 298 g/mol. The first-order valence-electron chi connectivity index (χ1n) is 6.78. The van der Waals surface area contributed by atoms with Crippen molar-refractivity contribution in [2.45, 2.75) is 11.9 Å². The number of carbonyl (C=O) groups is 2. The van der Waals surface area contributed by atoms with Gasteiger partial charge in [-0.1, -0.05) is 36.0 Å². The maximum absolute atomic E-state index is 11.7. The molecular formula is C16H17N3O2S. The first-order valence-corrected chi connectivity index (χ1v) is 7.76. The number of nitrogens with one attached hydrogen (secondary N) is 2. The molecule has 0 spiro atoms. The second-order valence-corrected chi connectivity index (χ2v) is 5.63. The highest BCUT2D eigenvalue weighted by atomic mass is 32.2. The van der Waals surface area contributed by atoms with Crippen LogP contribution in [0.1, 0.15) is 5.56 Å². The van der Waals surface area contributed by atoms with E-state index in [0.29, 0.717) is 6.54 Å². The van der Waals surface area contributed by atoms with E-state index in [1.54, 1.807) is 6.08 Å². The molecule has 0 saturated carbocycles. The maximum atomic E-state index is 11.7. The number of fused-ring (bicyclic) bond motifs is 1. The normalized spacial score (nSPS) is 10.2. The van der Waals surface area contributed by atoms with Gasteiger partial charge in [-0.2, -0.15) is 0 Å². The second-order valence-electron chi connectivity index (χ2n) is 4.63. The van der Waals surface area contributed by atoms with Gasteiger partial charge in [-0.25, -0.2) is 9.78 Å². The monoisotopic (exact) mass is 315 g/mol. The highest BCUT2D eigenvalue weighted by Crippen LogP contribution is 2.23. The van der Waals surface area contributed by atoms with Crippen LogP contribution in [0.15, 0.2) is 48.0 Å². The number of aromatic nitrogens is 1. The third-order valence-electron chi connectivity index (χ3n) is 2.91. The van der Waals surface area contributed by atoms with Gasteiger partial charge in [0, 0.05) is 11.9 Å². The third kappa shape index (κ3) is 4.33. The fourth-order valence-corrected chi connectivity index (χ4v) is 2.68. The van der Waals surface area contributed by atoms with Crippen molar-refractivity contribution in [2.24, 2.45) is 0 Å². The molecule has 2 aromatic rings. The number of benzene rings is 1. The van der Waals surface area contributed by atoms with Gasteiger partial charge in [0.1, 0.15) is 0 Å². The van der Waals surface area contributed by atoms with Crippen molar-refractivity contribution in [1.29, 1.82) is 0 Å². The average molecular weight is 315 g/mol. The smallest absolute Gasteiger partial charge is 0.321 e. The molecule has 0 aliphatic carbocycles. The number of pyridine rings is 1. The van der Waals surface area contributed by atoms with Gasteiger partial charge < -0.3 is 5.32 Å². The summed E-state index contributed by atoms with van der Waals surface area (Å²) in [5, 5.41) is 6.59. The Morgan fingerprint density at radius 3 is 2.91 bits per heavy atom. The number of para-hydroxylation sites is 1. The lowest BCUT2D eigenvalue weighted by atomic mass is 10.1. The largest absolute Gasteiger partial charge is 0.334 e. The Labute approximate surface area is 133 Å². The number of amides is 3. The summed E-state index contributed by atoms with van der Waals surface area (Å²) in [4.78, 5) is 27.5. The Morgan fingerprint density at radius 1 is 1.36 bits per heavy atom. The SMILES string of the molecule is C=CCNC(=O)NC(=O)CSc1cc(C)c2ccccc2n1. The number of rotatable bonds is 5. The molecule has 0 atom stereocenters. The van der Waals surface area contributed by atoms with Crippen LogP contribution < -0.4 is 10.6 Å². The van der Waals surface area contributed by atoms with Gasteiger partial charge in [0.2, 0.25) is 5.91 Å². The van der Waals surface area contributed by atoms with E-state index in [1.165, 1.54) is 11.8 Å². The molecule has 1 heterocycles. The molecule has 0 aliphatic rings. The summed E-state index contributed by atoms with van der Waals surface area (Å²) in [6, 6.07) is 9.28. The molecule has 1 aromatic carbocycles. The van der Waals surface area contributed by atoms with E-state index < -0.39 is 6.03 Å². The van der Waals surface area contributed by atoms with E-state index in [4.69, 9.17) is 0 Å². The zero-order valence-corrected chi connectivity index (χ0v) is 13.1. The van der Waals surface area contributed by atoms with Gasteiger partial charge in [-0.15, -0.1) is 6.58 Å². The minimum Gasteiger partial charge on any atom is -0.334 e. The van der Waals surface area contributed by atoms with Crippen LogP contribution in [0.3, 0.4) is 0 Å². The molecule has 114 valence electrons. The topological polar surface area (TPSA) is 71.1 Å². The Morgan fingerprint density at radius 2 is 2.14 bits per heavy atom. The summed E-state index contributed by atoms with van der Waals surface area (Å²) in [7, 11) is 0. The Hall–Kier alpha value is -2.34. The van der Waals surface area contributed by atoms with Crippen LogP contribution in [0, 0.1) is 6.92 Å². The molecule has 0 bridgehead atoms. The molecule has 0 saturated heterocycles. The van der Waals surface area contributed by atoms with Crippen LogP contribution in [-0.2, 0) is 4.79 Å². The van der Waals surface area contributed by atoms with E-state index in [-0.39, 0.29) is 11.7 Å². The number of nitrogens with zero attached hydrogens (tertiary/aromatic N) is 1. The van der Waals surface area contributed by atoms with E-state index in [0.717, 1.165) is 21.5 Å². The minimum absolute atomic E-state index is 0.131. The van der Waals surface area contributed by atoms with E-state index in [2.05, 4.69) is 22.2 Å². The van der Waals surface area contributed by atoms with Gasteiger partial charge in [-0.3, -0.25) is 10.1 Å². The molecule has 0 aliphatic heterocycles. The summed E-state index contributed by atoms with van der Waals surface area (Å²) < 4.78 is 0. The van der Waals surface area contributed by atoms with Crippen LogP contribution in [-0.4, -0.2) is 29.2 Å². The lowest BCUT2D eigenvalue weighted by Crippen LogP contribution is -2.40. The van der Waals surface area contributed by atoms with Crippen molar-refractivity contribution in [3.8, 4) is 0 Å². The standard InChI is InChI=1S/C16H17N3O2S/c1-3-8-17-16(21)19-14(20)10-22-15-9-11(2)12-6-4-5-7-13(12)18-15/h3-7,9H,1,8,10H2,2H3,(H2,17,19,20,21). The Kier molecular flexibility index (Phi) is 5.55. The van der Waals surface area contributed by atoms with E-state index in [1.807, 2.05) is 37.3 Å². The number of urea groups is 1. The number of hydrogen-bond acceptors (Lipinski definition) is 4. The number of imide groups is 1. The first-order chi connectivity index (χ1) is 10.6. The quantitative estimate of drug-likeness (QED) is 0.657. The molecule has 2 rings (SSSR count). The van der Waals surface area contributed by atoms with Crippen molar-refractivity contribution in [3.05, 3.63) is 48.6 Å². The molecule has 0 radical (unpaired) electrons. The summed E-state index contributed by atoms with van der Waals surface area (Å²) >= 11 is 1.30. The van der Waals surface area contributed by atoms with Crippen LogP contribution in [0.4, 0.5) is 4.79 Å². The summed E-state index contributed by atoms with van der Waals surface area (Å²) in [6.07, 6.45) is 1.54. The molecule has 1 aromatic heterocycles. The average Bonchev–Trinajstić information content (AvgIpc) is 2.51. The van der Waals surface area contributed by atoms with E-state index >= 15 is 0 Å². The van der Waals surface area contributed by atoms with Crippen LogP contribution in [0.5, 0.6) is 0 Å². The van der Waals surface area contributed by atoms with Gasteiger partial charge in [0.25, 0.3) is 0 Å². The highest BCUT2D eigenvalue weighted by molar-refractivity contribution is 7.99. The van der Waals surface area contributed by atoms with Crippen LogP contribution in [0.2, 0.25) is 0 Å². The predicted octanol–water partition coefficient (Wildman–Crippen LogP) is 2.65. The molecule has 3 amide bonds. The van der Waals surface area contributed by atoms with Gasteiger partial charge in [0.15, 0.2) is 0 Å². The van der Waals surface area contributed by atoms with Gasteiger partial charge >= 0.3 is 6.03 Å². The molecule has 2 N–H and O–H groups in total. The minimum atomic E-state index is -0.520. The molecule has 0 unspecified atom stereocenters. The van der Waals surface area contributed by atoms with Crippen LogP contribution >= 0.6 is 11.8 Å². The molecule has 22 heavy (non-hydrogen) atoms. The van der Waals surface area contributed by atoms with Crippen LogP contribution in [0.25, 0.3) is 10.9 Å². The van der Waals surface area contributed by atoms with Crippen molar-refractivity contribution < 1.29 is 9.59 Å². The molecule has 5 nitrogen and oxygen atoms in total.